The molecule has 14 heteroatoms. The van der Waals surface area contributed by atoms with E-state index in [2.05, 4.69) is 33.9 Å². The molecule has 3 aliphatic heterocycles. The average Bonchev–Trinajstić information content (AvgIpc) is 3.65. The number of carbonyl (C=O) groups is 2. The molecule has 2 aromatic rings. The van der Waals surface area contributed by atoms with Crippen LogP contribution < -0.4 is 14.2 Å². The maximum atomic E-state index is 14.6. The first-order chi connectivity index (χ1) is 28.3. The second kappa shape index (κ2) is 18.9. The number of hydrogen-bond donors (Lipinski definition) is 0. The van der Waals surface area contributed by atoms with Crippen LogP contribution in [-0.2, 0) is 44.6 Å². The number of anilines is 1. The van der Waals surface area contributed by atoms with E-state index in [9.17, 15) is 9.59 Å². The highest BCUT2D eigenvalue weighted by Crippen LogP contribution is 2.42. The zero-order valence-corrected chi connectivity index (χ0v) is 39.9. The number of nitrogens with zero attached hydrogens (tertiary/aromatic N) is 1. The molecule has 0 N–H and O–H groups in total. The SMILES string of the molecule is COc1ccc(COC2C=C[C@@H](C)[C@H](C)OC(=O)c3c(cc(N(OC[C@H]4COC(C)(C)O4)C(=O)OC(C)(C)C)cc3O[Si](C)(C)C(C)(C)C)C=CC[C@@H]3OC(C)(C)O[C@H]23)cc1. The van der Waals surface area contributed by atoms with E-state index in [0.717, 1.165) is 16.4 Å². The van der Waals surface area contributed by atoms with Crippen molar-refractivity contribution in [1.29, 1.82) is 0 Å². The molecule has 13 nitrogen and oxygen atoms in total. The van der Waals surface area contributed by atoms with Crippen molar-refractivity contribution in [1.82, 2.24) is 0 Å². The number of hydroxylamine groups is 1. The standard InChI is InChI=1S/C47H69NO12Si/c1-30-19-24-37(52-27-32-20-22-35(51-13)23-21-32)41-38(57-47(11,12)58-41)18-16-17-33-25-34(26-39(40(33)42(49)55-31(30)2)60-61(14,15)45(6,7)8)48(43(50)59-44(3,4)5)54-29-36-28-53-46(9,10)56-36/h16-17,19-26,30-31,36-38,41H,18,27-29H2,1-15H3/t30-,31+,36-,37?,38+,41-/m1/s1. The van der Waals surface area contributed by atoms with Crippen molar-refractivity contribution in [2.75, 3.05) is 25.4 Å². The smallest absolute Gasteiger partial charge is 0.439 e. The molecular weight excluding hydrogens is 799 g/mol. The van der Waals surface area contributed by atoms with E-state index in [1.807, 2.05) is 90.1 Å². The molecule has 5 rings (SSSR count). The molecule has 2 fully saturated rings. The summed E-state index contributed by atoms with van der Waals surface area (Å²) >= 11 is 0. The molecule has 3 aliphatic rings. The maximum Gasteiger partial charge on any atom is 0.439 e. The van der Waals surface area contributed by atoms with Crippen molar-refractivity contribution in [3.05, 3.63) is 71.3 Å². The Kier molecular flexibility index (Phi) is 15.0. The van der Waals surface area contributed by atoms with Gasteiger partial charge in [-0.25, -0.2) is 9.59 Å². The van der Waals surface area contributed by atoms with E-state index in [1.54, 1.807) is 40.0 Å². The Morgan fingerprint density at radius 3 is 2.23 bits per heavy atom. The van der Waals surface area contributed by atoms with E-state index in [4.69, 9.17) is 47.2 Å². The summed E-state index contributed by atoms with van der Waals surface area (Å²) in [5.41, 5.74) is 1.08. The zero-order valence-electron chi connectivity index (χ0n) is 38.9. The van der Waals surface area contributed by atoms with Gasteiger partial charge in [-0.3, -0.25) is 4.84 Å². The van der Waals surface area contributed by atoms with Crippen LogP contribution in [0.4, 0.5) is 10.5 Å². The van der Waals surface area contributed by atoms with Crippen molar-refractivity contribution >= 4 is 32.1 Å². The Hall–Kier alpha value is -3.76. The number of benzene rings is 2. The molecule has 0 spiro atoms. The highest BCUT2D eigenvalue weighted by atomic mass is 28.4. The van der Waals surface area contributed by atoms with Crippen molar-refractivity contribution in [2.24, 2.45) is 5.92 Å². The molecule has 0 radical (unpaired) electrons. The molecule has 338 valence electrons. The fourth-order valence-electron chi connectivity index (χ4n) is 6.74. The van der Waals surface area contributed by atoms with Crippen LogP contribution in [0, 0.1) is 5.92 Å². The summed E-state index contributed by atoms with van der Waals surface area (Å²) in [5.74, 6) is -1.46. The maximum absolute atomic E-state index is 14.6. The van der Waals surface area contributed by atoms with E-state index < -0.39 is 68.1 Å². The first kappa shape index (κ1) is 48.3. The Morgan fingerprint density at radius 2 is 1.62 bits per heavy atom. The fraction of sp³-hybridized carbons (Fsp3) is 0.617. The number of ether oxygens (including phenoxy) is 8. The number of amides is 1. The van der Waals surface area contributed by atoms with Gasteiger partial charge in [-0.05, 0) is 109 Å². The molecule has 61 heavy (non-hydrogen) atoms. The predicted molar refractivity (Wildman–Crippen MR) is 236 cm³/mol. The number of cyclic esters (lactones) is 1. The third-order valence-corrected chi connectivity index (χ3v) is 15.5. The summed E-state index contributed by atoms with van der Waals surface area (Å²) in [6, 6.07) is 11.1. The van der Waals surface area contributed by atoms with Crippen molar-refractivity contribution < 1.29 is 56.7 Å². The van der Waals surface area contributed by atoms with Gasteiger partial charge in [0.15, 0.2) is 11.6 Å². The van der Waals surface area contributed by atoms with E-state index in [-0.39, 0.29) is 41.2 Å². The summed E-state index contributed by atoms with van der Waals surface area (Å²) < 4.78 is 55.9. The highest BCUT2D eigenvalue weighted by molar-refractivity contribution is 6.74. The normalized spacial score (nSPS) is 25.5. The number of esters is 1. The van der Waals surface area contributed by atoms with E-state index >= 15 is 0 Å². The molecule has 0 bridgehead atoms. The van der Waals surface area contributed by atoms with Crippen LogP contribution >= 0.6 is 0 Å². The average molecular weight is 868 g/mol. The number of methoxy groups -OCH3 is 1. The van der Waals surface area contributed by atoms with Crippen LogP contribution in [0.2, 0.25) is 18.1 Å². The lowest BCUT2D eigenvalue weighted by atomic mass is 9.98. The van der Waals surface area contributed by atoms with Crippen LogP contribution in [0.3, 0.4) is 0 Å². The second-order valence-corrected chi connectivity index (χ2v) is 24.3. The predicted octanol–water partition coefficient (Wildman–Crippen LogP) is 10.2. The van der Waals surface area contributed by atoms with Gasteiger partial charge < -0.3 is 42.3 Å². The van der Waals surface area contributed by atoms with Crippen LogP contribution in [0.1, 0.15) is 111 Å². The van der Waals surface area contributed by atoms with Gasteiger partial charge in [0.2, 0.25) is 0 Å². The van der Waals surface area contributed by atoms with Crippen molar-refractivity contribution in [2.45, 2.75) is 162 Å². The van der Waals surface area contributed by atoms with Gasteiger partial charge in [-0.1, -0.05) is 64.1 Å². The highest BCUT2D eigenvalue weighted by Gasteiger charge is 2.45. The van der Waals surface area contributed by atoms with Crippen LogP contribution in [0.15, 0.2) is 54.6 Å². The van der Waals surface area contributed by atoms with Gasteiger partial charge in [0.25, 0.3) is 8.32 Å². The van der Waals surface area contributed by atoms with Crippen LogP contribution in [0.25, 0.3) is 6.08 Å². The van der Waals surface area contributed by atoms with E-state index in [1.165, 1.54) is 0 Å². The van der Waals surface area contributed by atoms with Gasteiger partial charge in [-0.15, -0.1) is 0 Å². The molecule has 2 aromatic carbocycles. The van der Waals surface area contributed by atoms with Gasteiger partial charge in [-0.2, -0.15) is 5.06 Å². The van der Waals surface area contributed by atoms with Crippen molar-refractivity contribution in [3.63, 3.8) is 0 Å². The molecule has 0 saturated carbocycles. The largest absolute Gasteiger partial charge is 0.543 e. The Bertz CT molecular complexity index is 1890. The monoisotopic (exact) mass is 867 g/mol. The second-order valence-electron chi connectivity index (χ2n) is 19.5. The molecule has 1 unspecified atom stereocenters. The topological polar surface area (TPSA) is 130 Å². The van der Waals surface area contributed by atoms with Crippen molar-refractivity contribution in [3.8, 4) is 11.5 Å². The van der Waals surface area contributed by atoms with Gasteiger partial charge >= 0.3 is 12.1 Å². The number of fused-ring (bicyclic) bond motifs is 2. The lowest BCUT2D eigenvalue weighted by molar-refractivity contribution is -0.156. The minimum atomic E-state index is -2.62. The van der Waals surface area contributed by atoms with E-state index in [0.29, 0.717) is 18.6 Å². The minimum absolute atomic E-state index is 0.0170. The molecule has 0 aromatic heterocycles. The number of hydrogen-bond acceptors (Lipinski definition) is 12. The molecule has 3 heterocycles. The lowest BCUT2D eigenvalue weighted by Crippen LogP contribution is -2.44. The zero-order chi connectivity index (χ0) is 45.1. The third-order valence-electron chi connectivity index (χ3n) is 11.2. The third kappa shape index (κ3) is 12.9. The molecule has 2 saturated heterocycles. The first-order valence-corrected chi connectivity index (χ1v) is 24.2. The van der Waals surface area contributed by atoms with Gasteiger partial charge in [0.1, 0.15) is 53.7 Å². The van der Waals surface area contributed by atoms with Gasteiger partial charge in [0.05, 0.1) is 32.1 Å². The molecule has 1 amide bonds. The Balaban J connectivity index is 1.61. The molecule has 0 aliphatic carbocycles. The summed E-state index contributed by atoms with van der Waals surface area (Å²) in [6.07, 6.45) is 4.97. The molecule has 6 atom stereocenters. The summed E-state index contributed by atoms with van der Waals surface area (Å²) in [7, 11) is -0.984. The lowest BCUT2D eigenvalue weighted by Gasteiger charge is -2.37. The van der Waals surface area contributed by atoms with Crippen LogP contribution in [0.5, 0.6) is 11.5 Å². The fourth-order valence-corrected chi connectivity index (χ4v) is 7.76. The number of rotatable bonds is 10. The summed E-state index contributed by atoms with van der Waals surface area (Å²) in [6.45, 7) is 27.7. The summed E-state index contributed by atoms with van der Waals surface area (Å²) in [4.78, 5) is 34.9. The minimum Gasteiger partial charge on any atom is -0.543 e. The first-order valence-electron chi connectivity index (χ1n) is 21.3. The Morgan fingerprint density at radius 1 is 0.934 bits per heavy atom. The molecular formula is C47H69NO12Si. The van der Waals surface area contributed by atoms with Gasteiger partial charge in [0, 0.05) is 12.0 Å². The van der Waals surface area contributed by atoms with Crippen LogP contribution in [-0.4, -0.2) is 88.4 Å². The Labute approximate surface area is 364 Å². The number of carbonyl (C=O) groups excluding carboxylic acids is 2. The summed E-state index contributed by atoms with van der Waals surface area (Å²) in [5, 5.41) is 0.849. The quantitative estimate of drug-likeness (QED) is 0.0975.